The summed E-state index contributed by atoms with van der Waals surface area (Å²) in [6.07, 6.45) is 3.16. The van der Waals surface area contributed by atoms with Crippen LogP contribution in [-0.4, -0.2) is 59.1 Å². The molecule has 128 valence electrons. The summed E-state index contributed by atoms with van der Waals surface area (Å²) >= 11 is 0. The topological polar surface area (TPSA) is 56.9 Å². The lowest BCUT2D eigenvalue weighted by Crippen LogP contribution is -2.46. The third-order valence-corrected chi connectivity index (χ3v) is 5.30. The summed E-state index contributed by atoms with van der Waals surface area (Å²) in [4.78, 5) is 17.1. The smallest absolute Gasteiger partial charge is 0.257 e. The first kappa shape index (κ1) is 15.7. The van der Waals surface area contributed by atoms with Crippen LogP contribution < -0.4 is 0 Å². The minimum atomic E-state index is -0.468. The van der Waals surface area contributed by atoms with Gasteiger partial charge in [0.1, 0.15) is 11.3 Å². The van der Waals surface area contributed by atoms with E-state index in [2.05, 4.69) is 4.90 Å². The van der Waals surface area contributed by atoms with Crippen LogP contribution in [0.25, 0.3) is 11.0 Å². The molecule has 0 radical (unpaired) electrons. The van der Waals surface area contributed by atoms with E-state index in [-0.39, 0.29) is 11.9 Å². The van der Waals surface area contributed by atoms with Gasteiger partial charge in [0.15, 0.2) is 0 Å². The maximum absolute atomic E-state index is 13.0. The number of likely N-dealkylation sites (tertiary alicyclic amines) is 2. The number of aliphatic hydroxyl groups excluding tert-OH is 1. The van der Waals surface area contributed by atoms with E-state index >= 15 is 0 Å². The Hall–Kier alpha value is -1.85. The quantitative estimate of drug-likeness (QED) is 0.920. The Labute approximate surface area is 141 Å². The van der Waals surface area contributed by atoms with E-state index in [0.29, 0.717) is 24.2 Å². The van der Waals surface area contributed by atoms with Gasteiger partial charge < -0.3 is 14.4 Å². The molecule has 0 spiro atoms. The average Bonchev–Trinajstić information content (AvgIpc) is 3.16. The van der Waals surface area contributed by atoms with Crippen LogP contribution in [0.4, 0.5) is 0 Å². The van der Waals surface area contributed by atoms with E-state index in [1.165, 1.54) is 19.3 Å². The number of rotatable bonds is 2. The normalized spacial score (nSPS) is 25.5. The Kier molecular flexibility index (Phi) is 4.06. The van der Waals surface area contributed by atoms with E-state index in [4.69, 9.17) is 4.42 Å². The fourth-order valence-electron chi connectivity index (χ4n) is 4.07. The van der Waals surface area contributed by atoms with Crippen molar-refractivity contribution in [1.82, 2.24) is 9.80 Å². The van der Waals surface area contributed by atoms with Gasteiger partial charge in [-0.3, -0.25) is 9.69 Å². The maximum Gasteiger partial charge on any atom is 0.257 e. The lowest BCUT2D eigenvalue weighted by atomic mass is 10.1. The average molecular weight is 328 g/mol. The largest absolute Gasteiger partial charge is 0.461 e. The number of para-hydroxylation sites is 1. The van der Waals surface area contributed by atoms with E-state index in [0.717, 1.165) is 24.2 Å². The molecule has 0 saturated carbocycles. The number of amides is 1. The van der Waals surface area contributed by atoms with Crippen molar-refractivity contribution in [2.75, 3.05) is 26.2 Å². The predicted octanol–water partition coefficient (Wildman–Crippen LogP) is 2.41. The Morgan fingerprint density at radius 1 is 1.21 bits per heavy atom. The number of hydrogen-bond donors (Lipinski definition) is 1. The summed E-state index contributed by atoms with van der Waals surface area (Å²) in [6, 6.07) is 7.67. The molecular formula is C19H24N2O3. The predicted molar refractivity (Wildman–Crippen MR) is 92.1 cm³/mol. The Morgan fingerprint density at radius 2 is 2.00 bits per heavy atom. The van der Waals surface area contributed by atoms with Crippen LogP contribution in [-0.2, 0) is 0 Å². The van der Waals surface area contributed by atoms with Gasteiger partial charge in [0.2, 0.25) is 0 Å². The molecule has 0 aliphatic carbocycles. The van der Waals surface area contributed by atoms with E-state index in [1.54, 1.807) is 4.90 Å². The van der Waals surface area contributed by atoms with Crippen molar-refractivity contribution in [2.24, 2.45) is 0 Å². The zero-order chi connectivity index (χ0) is 16.7. The van der Waals surface area contributed by atoms with Crippen LogP contribution in [0.3, 0.4) is 0 Å². The Bertz CT molecular complexity index is 748. The number of carbonyl (C=O) groups excluding carboxylic acids is 1. The molecule has 1 aromatic heterocycles. The third-order valence-electron chi connectivity index (χ3n) is 5.30. The van der Waals surface area contributed by atoms with Gasteiger partial charge in [-0.05, 0) is 45.0 Å². The van der Waals surface area contributed by atoms with Gasteiger partial charge in [-0.15, -0.1) is 0 Å². The molecule has 1 amide bonds. The number of β-amino-alcohol motifs (C(OH)–C–C–N with tert-alkyl or cyclic N) is 1. The molecule has 5 heteroatoms. The number of furan rings is 1. The summed E-state index contributed by atoms with van der Waals surface area (Å²) in [7, 11) is 0. The van der Waals surface area contributed by atoms with Crippen molar-refractivity contribution >= 4 is 16.9 Å². The Morgan fingerprint density at radius 3 is 2.79 bits per heavy atom. The van der Waals surface area contributed by atoms with Gasteiger partial charge >= 0.3 is 0 Å². The summed E-state index contributed by atoms with van der Waals surface area (Å²) in [5, 5.41) is 11.4. The number of aryl methyl sites for hydroxylation is 1. The molecule has 2 aliphatic heterocycles. The van der Waals surface area contributed by atoms with Gasteiger partial charge in [-0.25, -0.2) is 0 Å². The molecule has 2 aliphatic rings. The Balaban J connectivity index is 1.56. The summed E-state index contributed by atoms with van der Waals surface area (Å²) < 4.78 is 5.73. The molecule has 24 heavy (non-hydrogen) atoms. The molecule has 2 saturated heterocycles. The highest BCUT2D eigenvalue weighted by Gasteiger charge is 2.38. The summed E-state index contributed by atoms with van der Waals surface area (Å²) in [5.74, 6) is 0.756. The number of benzene rings is 1. The fraction of sp³-hybridized carbons (Fsp3) is 0.526. The van der Waals surface area contributed by atoms with E-state index in [9.17, 15) is 9.90 Å². The number of piperidine rings is 1. The molecular weight excluding hydrogens is 304 g/mol. The van der Waals surface area contributed by atoms with Crippen LogP contribution >= 0.6 is 0 Å². The molecule has 1 N–H and O–H groups in total. The summed E-state index contributed by atoms with van der Waals surface area (Å²) in [6.45, 7) is 4.93. The third kappa shape index (κ3) is 2.72. The molecule has 0 bridgehead atoms. The lowest BCUT2D eigenvalue weighted by Gasteiger charge is -2.33. The van der Waals surface area contributed by atoms with Crippen LogP contribution in [0.5, 0.6) is 0 Å². The molecule has 2 aromatic rings. The highest BCUT2D eigenvalue weighted by molar-refractivity contribution is 6.05. The minimum absolute atomic E-state index is 0.0477. The molecule has 4 rings (SSSR count). The SMILES string of the molecule is Cc1cc2cccc(C(=O)N3C[C@H](O)[C@@H](N4CCCCC4)C3)c2o1. The minimum Gasteiger partial charge on any atom is -0.461 e. The zero-order valence-electron chi connectivity index (χ0n) is 14.1. The van der Waals surface area contributed by atoms with E-state index < -0.39 is 6.10 Å². The van der Waals surface area contributed by atoms with Gasteiger partial charge in [0.05, 0.1) is 17.7 Å². The van der Waals surface area contributed by atoms with Gasteiger partial charge in [-0.1, -0.05) is 18.6 Å². The number of aliphatic hydroxyl groups is 1. The second-order valence-corrected chi connectivity index (χ2v) is 7.02. The van der Waals surface area contributed by atoms with Gasteiger partial charge in [0.25, 0.3) is 5.91 Å². The maximum atomic E-state index is 13.0. The van der Waals surface area contributed by atoms with Crippen molar-refractivity contribution < 1.29 is 14.3 Å². The zero-order valence-corrected chi connectivity index (χ0v) is 14.1. The summed E-state index contributed by atoms with van der Waals surface area (Å²) in [5.41, 5.74) is 1.24. The molecule has 3 heterocycles. The number of nitrogens with zero attached hydrogens (tertiary/aromatic N) is 2. The molecule has 0 unspecified atom stereocenters. The standard InChI is InChI=1S/C19H24N2O3/c1-13-10-14-6-5-7-15(18(14)24-13)19(23)21-11-16(17(22)12-21)20-8-3-2-4-9-20/h5-7,10,16-17,22H,2-4,8-9,11-12H2,1H3/t16-,17-/m0/s1. The van der Waals surface area contributed by atoms with Crippen molar-refractivity contribution in [3.63, 3.8) is 0 Å². The van der Waals surface area contributed by atoms with Crippen LogP contribution in [0, 0.1) is 6.92 Å². The van der Waals surface area contributed by atoms with Gasteiger partial charge in [0, 0.05) is 18.5 Å². The first-order chi connectivity index (χ1) is 11.6. The van der Waals surface area contributed by atoms with Crippen LogP contribution in [0.2, 0.25) is 0 Å². The number of carbonyl (C=O) groups is 1. The number of fused-ring (bicyclic) bond motifs is 1. The van der Waals surface area contributed by atoms with Crippen molar-refractivity contribution in [1.29, 1.82) is 0 Å². The van der Waals surface area contributed by atoms with Crippen LogP contribution in [0.15, 0.2) is 28.7 Å². The fourth-order valence-corrected chi connectivity index (χ4v) is 4.07. The monoisotopic (exact) mass is 328 g/mol. The number of hydrogen-bond acceptors (Lipinski definition) is 4. The van der Waals surface area contributed by atoms with Crippen molar-refractivity contribution in [2.45, 2.75) is 38.3 Å². The molecule has 2 atom stereocenters. The second kappa shape index (κ2) is 6.22. The van der Waals surface area contributed by atoms with Crippen molar-refractivity contribution in [3.8, 4) is 0 Å². The lowest BCUT2D eigenvalue weighted by molar-refractivity contribution is 0.0703. The highest BCUT2D eigenvalue weighted by Crippen LogP contribution is 2.27. The highest BCUT2D eigenvalue weighted by atomic mass is 16.3. The molecule has 2 fully saturated rings. The second-order valence-electron chi connectivity index (χ2n) is 7.02. The van der Waals surface area contributed by atoms with Crippen molar-refractivity contribution in [3.05, 3.63) is 35.6 Å². The first-order valence-corrected chi connectivity index (χ1v) is 8.84. The first-order valence-electron chi connectivity index (χ1n) is 8.84. The van der Waals surface area contributed by atoms with Crippen LogP contribution in [0.1, 0.15) is 35.4 Å². The molecule has 1 aromatic carbocycles. The van der Waals surface area contributed by atoms with E-state index in [1.807, 2.05) is 31.2 Å². The van der Waals surface area contributed by atoms with Gasteiger partial charge in [-0.2, -0.15) is 0 Å². The molecule has 5 nitrogen and oxygen atoms in total.